The molecule has 3 rings (SSSR count). The lowest BCUT2D eigenvalue weighted by atomic mass is 10.1. The summed E-state index contributed by atoms with van der Waals surface area (Å²) >= 11 is 6.27. The van der Waals surface area contributed by atoms with E-state index >= 15 is 0 Å². The zero-order valence-electron chi connectivity index (χ0n) is 15.3. The number of nitrogen functional groups attached to an aromatic ring is 1. The predicted octanol–water partition coefficient (Wildman–Crippen LogP) is 1.41. The van der Waals surface area contributed by atoms with Crippen LogP contribution in [0.1, 0.15) is 17.5 Å². The highest BCUT2D eigenvalue weighted by Gasteiger charge is 2.41. The number of ether oxygens (including phenoxy) is 1. The summed E-state index contributed by atoms with van der Waals surface area (Å²) in [6.45, 7) is -0.217. The van der Waals surface area contributed by atoms with Gasteiger partial charge in [-0.1, -0.05) is 29.8 Å². The number of halogens is 1. The molecule has 150 valence electrons. The Kier molecular flexibility index (Phi) is 6.35. The number of nitrogens with one attached hydrogen (secondary N) is 1. The van der Waals surface area contributed by atoms with Gasteiger partial charge in [0.25, 0.3) is 0 Å². The van der Waals surface area contributed by atoms with Crippen LogP contribution in [0.15, 0.2) is 24.3 Å². The van der Waals surface area contributed by atoms with Gasteiger partial charge in [0.1, 0.15) is 22.8 Å². The van der Waals surface area contributed by atoms with Crippen LogP contribution in [0.3, 0.4) is 0 Å². The molecule has 1 aliphatic carbocycles. The summed E-state index contributed by atoms with van der Waals surface area (Å²) in [4.78, 5) is 8.18. The second-order valence-electron chi connectivity index (χ2n) is 6.66. The van der Waals surface area contributed by atoms with Gasteiger partial charge in [-0.2, -0.15) is 4.98 Å². The van der Waals surface area contributed by atoms with Gasteiger partial charge in [-0.15, -0.1) is 0 Å². The van der Waals surface area contributed by atoms with Gasteiger partial charge in [-0.3, -0.25) is 0 Å². The highest BCUT2D eigenvalue weighted by molar-refractivity contribution is 6.31. The van der Waals surface area contributed by atoms with E-state index in [4.69, 9.17) is 22.1 Å². The summed E-state index contributed by atoms with van der Waals surface area (Å²) in [5.41, 5.74) is 7.10. The number of aromatic nitrogens is 2. The Morgan fingerprint density at radius 3 is 2.75 bits per heavy atom. The predicted molar refractivity (Wildman–Crippen MR) is 108 cm³/mol. The van der Waals surface area contributed by atoms with Crippen LogP contribution < -0.4 is 15.8 Å². The second kappa shape index (κ2) is 8.74. The van der Waals surface area contributed by atoms with E-state index in [9.17, 15) is 15.3 Å². The summed E-state index contributed by atoms with van der Waals surface area (Å²) in [6.07, 6.45) is 1.86. The fourth-order valence-electron chi connectivity index (χ4n) is 3.27. The molecule has 1 fully saturated rings. The average Bonchev–Trinajstić information content (AvgIpc) is 2.95. The largest absolute Gasteiger partial charge is 0.497 e. The van der Waals surface area contributed by atoms with E-state index in [2.05, 4.69) is 15.3 Å². The Balaban J connectivity index is 1.89. The van der Waals surface area contributed by atoms with Gasteiger partial charge in [-0.25, -0.2) is 4.98 Å². The minimum atomic E-state index is -1.05. The minimum absolute atomic E-state index is 0.0160. The molecule has 1 aromatic heterocycles. The summed E-state index contributed by atoms with van der Waals surface area (Å²) in [5, 5.41) is 32.9. The van der Waals surface area contributed by atoms with Crippen molar-refractivity contribution in [2.45, 2.75) is 24.7 Å². The highest BCUT2D eigenvalue weighted by Crippen LogP contribution is 2.31. The van der Waals surface area contributed by atoms with Gasteiger partial charge in [0, 0.05) is 12.5 Å². The van der Waals surface area contributed by atoms with Crippen LogP contribution >= 0.6 is 11.6 Å². The first-order chi connectivity index (χ1) is 13.4. The van der Waals surface area contributed by atoms with Crippen molar-refractivity contribution in [3.63, 3.8) is 0 Å². The molecule has 6 N–H and O–H groups in total. The average molecular weight is 407 g/mol. The molecule has 0 spiro atoms. The third kappa shape index (κ3) is 4.36. The summed E-state index contributed by atoms with van der Waals surface area (Å²) in [5.74, 6) is 0.625. The molecule has 9 heteroatoms. The van der Waals surface area contributed by atoms with E-state index < -0.39 is 24.2 Å². The molecule has 0 aliphatic heterocycles. The van der Waals surface area contributed by atoms with Gasteiger partial charge < -0.3 is 31.1 Å². The SMILES string of the molecule is COc1cccc(/C=C/c2c(Cl)nc(N)nc2NC2C[C@H](CO)[C@@H](O)[C@H]2O)c1. The third-order valence-corrected chi connectivity index (χ3v) is 5.10. The molecule has 0 amide bonds. The zero-order chi connectivity index (χ0) is 20.3. The molecule has 2 aromatic rings. The molecule has 28 heavy (non-hydrogen) atoms. The molecule has 4 atom stereocenters. The standard InChI is InChI=1S/C19H23ClN4O4/c1-28-12-4-2-3-10(7-12)5-6-13-17(20)23-19(21)24-18(13)22-14-8-11(9-25)15(26)16(14)27/h2-7,11,14-16,25-27H,8-9H2,1H3,(H3,21,22,23,24)/b6-5+/t11-,14?,15-,16+/m1/s1. The van der Waals surface area contributed by atoms with Crippen LogP contribution in [-0.4, -0.2) is 57.3 Å². The maximum Gasteiger partial charge on any atom is 0.223 e. The topological polar surface area (TPSA) is 134 Å². The number of methoxy groups -OCH3 is 1. The van der Waals surface area contributed by atoms with Crippen molar-refractivity contribution in [3.8, 4) is 5.75 Å². The van der Waals surface area contributed by atoms with Crippen LogP contribution in [0.5, 0.6) is 5.75 Å². The molecule has 1 saturated carbocycles. The molecule has 1 aromatic carbocycles. The van der Waals surface area contributed by atoms with Crippen molar-refractivity contribution >= 4 is 35.5 Å². The third-order valence-electron chi connectivity index (χ3n) is 4.81. The van der Waals surface area contributed by atoms with Crippen molar-refractivity contribution in [1.29, 1.82) is 0 Å². The lowest BCUT2D eigenvalue weighted by Crippen LogP contribution is -2.35. The van der Waals surface area contributed by atoms with Gasteiger partial charge in [-0.05, 0) is 30.2 Å². The Bertz CT molecular complexity index is 864. The molecule has 0 saturated heterocycles. The quantitative estimate of drug-likeness (QED) is 0.454. The van der Waals surface area contributed by atoms with Crippen molar-refractivity contribution in [3.05, 3.63) is 40.5 Å². The van der Waals surface area contributed by atoms with Gasteiger partial charge in [0.05, 0.1) is 24.8 Å². The smallest absolute Gasteiger partial charge is 0.223 e. The van der Waals surface area contributed by atoms with Crippen LogP contribution in [0, 0.1) is 5.92 Å². The van der Waals surface area contributed by atoms with E-state index in [1.54, 1.807) is 13.2 Å². The number of rotatable bonds is 6. The highest BCUT2D eigenvalue weighted by atomic mass is 35.5. The second-order valence-corrected chi connectivity index (χ2v) is 7.01. The number of hydrogen-bond donors (Lipinski definition) is 5. The lowest BCUT2D eigenvalue weighted by Gasteiger charge is -2.20. The number of aliphatic hydroxyl groups excluding tert-OH is 3. The first-order valence-corrected chi connectivity index (χ1v) is 9.19. The molecule has 8 nitrogen and oxygen atoms in total. The number of nitrogens with two attached hydrogens (primary N) is 1. The lowest BCUT2D eigenvalue weighted by molar-refractivity contribution is 0.00445. The Morgan fingerprint density at radius 1 is 1.29 bits per heavy atom. The number of hydrogen-bond acceptors (Lipinski definition) is 8. The minimum Gasteiger partial charge on any atom is -0.497 e. The fraction of sp³-hybridized carbons (Fsp3) is 0.368. The zero-order valence-corrected chi connectivity index (χ0v) is 16.0. The van der Waals surface area contributed by atoms with Gasteiger partial charge in [0.2, 0.25) is 5.95 Å². The van der Waals surface area contributed by atoms with Gasteiger partial charge in [0.15, 0.2) is 0 Å². The molecule has 0 radical (unpaired) electrons. The van der Waals surface area contributed by atoms with E-state index in [0.717, 1.165) is 11.3 Å². The summed E-state index contributed by atoms with van der Waals surface area (Å²) < 4.78 is 5.22. The monoisotopic (exact) mass is 406 g/mol. The van der Waals surface area contributed by atoms with Crippen LogP contribution in [-0.2, 0) is 0 Å². The summed E-state index contributed by atoms with van der Waals surface area (Å²) in [6, 6.07) is 6.96. The van der Waals surface area contributed by atoms with E-state index in [0.29, 0.717) is 17.8 Å². The Labute approximate surface area is 167 Å². The van der Waals surface area contributed by atoms with E-state index in [-0.39, 0.29) is 17.7 Å². The van der Waals surface area contributed by atoms with Crippen molar-refractivity contribution in [2.24, 2.45) is 5.92 Å². The molecular formula is C19H23ClN4O4. The normalized spacial score (nSPS) is 24.6. The van der Waals surface area contributed by atoms with Crippen molar-refractivity contribution < 1.29 is 20.1 Å². The maximum atomic E-state index is 10.3. The molecule has 0 bridgehead atoms. The van der Waals surface area contributed by atoms with Crippen molar-refractivity contribution in [2.75, 3.05) is 24.8 Å². The molecule has 1 unspecified atom stereocenters. The molecule has 1 aliphatic rings. The van der Waals surface area contributed by atoms with Crippen molar-refractivity contribution in [1.82, 2.24) is 9.97 Å². The first-order valence-electron chi connectivity index (χ1n) is 8.81. The number of benzene rings is 1. The molecule has 1 heterocycles. The Morgan fingerprint density at radius 2 is 2.07 bits per heavy atom. The van der Waals surface area contributed by atoms with E-state index in [1.165, 1.54) is 0 Å². The van der Waals surface area contributed by atoms with Crippen LogP contribution in [0.4, 0.5) is 11.8 Å². The fourth-order valence-corrected chi connectivity index (χ4v) is 3.50. The van der Waals surface area contributed by atoms with Gasteiger partial charge >= 0.3 is 0 Å². The number of nitrogens with zero attached hydrogens (tertiary/aromatic N) is 2. The van der Waals surface area contributed by atoms with Crippen LogP contribution in [0.2, 0.25) is 5.15 Å². The number of aliphatic hydroxyl groups is 3. The summed E-state index contributed by atoms with van der Waals surface area (Å²) in [7, 11) is 1.59. The van der Waals surface area contributed by atoms with E-state index in [1.807, 2.05) is 30.3 Å². The maximum absolute atomic E-state index is 10.3. The molecular weight excluding hydrogens is 384 g/mol. The van der Waals surface area contributed by atoms with Crippen LogP contribution in [0.25, 0.3) is 12.2 Å². The number of anilines is 2. The Hall–Kier alpha value is -2.39. The first kappa shape index (κ1) is 20.3.